The Bertz CT molecular complexity index is 728. The average Bonchev–Trinajstić information content (AvgIpc) is 3.37. The first kappa shape index (κ1) is 17.1. The highest BCUT2D eigenvalue weighted by Gasteiger charge is 2.48. The molecular weight excluding hydrogens is 334 g/mol. The number of fused-ring (bicyclic) bond motifs is 2. The molecular formula is C19H25N3O4. The van der Waals surface area contributed by atoms with Crippen molar-refractivity contribution in [1.82, 2.24) is 15.5 Å². The Labute approximate surface area is 152 Å². The quantitative estimate of drug-likeness (QED) is 0.830. The minimum absolute atomic E-state index is 0.0165. The minimum atomic E-state index is -0.120. The van der Waals surface area contributed by atoms with Gasteiger partial charge in [0.1, 0.15) is 6.26 Å². The first-order valence-corrected chi connectivity index (χ1v) is 9.44. The van der Waals surface area contributed by atoms with E-state index in [0.29, 0.717) is 30.9 Å². The summed E-state index contributed by atoms with van der Waals surface area (Å²) in [6.45, 7) is 2.42. The molecule has 4 atom stereocenters. The largest absolute Gasteiger partial charge is 0.471 e. The summed E-state index contributed by atoms with van der Waals surface area (Å²) in [5.41, 5.74) is 1.39. The van der Waals surface area contributed by atoms with Crippen LogP contribution in [0.5, 0.6) is 0 Å². The van der Waals surface area contributed by atoms with Crippen molar-refractivity contribution in [1.29, 1.82) is 0 Å². The van der Waals surface area contributed by atoms with E-state index in [2.05, 4.69) is 10.6 Å². The molecule has 7 heteroatoms. The molecule has 4 rings (SSSR count). The Morgan fingerprint density at radius 3 is 2.85 bits per heavy atom. The Morgan fingerprint density at radius 1 is 1.31 bits per heavy atom. The summed E-state index contributed by atoms with van der Waals surface area (Å²) < 4.78 is 5.06. The fourth-order valence-electron chi connectivity index (χ4n) is 4.78. The normalized spacial score (nSPS) is 29.9. The third kappa shape index (κ3) is 3.10. The third-order valence-corrected chi connectivity index (χ3v) is 6.08. The van der Waals surface area contributed by atoms with Gasteiger partial charge in [0.25, 0.3) is 5.91 Å². The third-order valence-electron chi connectivity index (χ3n) is 6.08. The maximum Gasteiger partial charge on any atom is 0.254 e. The van der Waals surface area contributed by atoms with Gasteiger partial charge in [-0.15, -0.1) is 0 Å². The highest BCUT2D eigenvalue weighted by Crippen LogP contribution is 2.42. The van der Waals surface area contributed by atoms with Gasteiger partial charge >= 0.3 is 0 Å². The number of carbonyl (C=O) groups is 3. The summed E-state index contributed by atoms with van der Waals surface area (Å²) in [5.74, 6) is 0.365. The summed E-state index contributed by atoms with van der Waals surface area (Å²) in [7, 11) is 0. The van der Waals surface area contributed by atoms with E-state index in [9.17, 15) is 14.4 Å². The molecule has 4 unspecified atom stereocenters. The van der Waals surface area contributed by atoms with Crippen molar-refractivity contribution < 1.29 is 18.8 Å². The van der Waals surface area contributed by atoms with Gasteiger partial charge < -0.3 is 20.0 Å². The van der Waals surface area contributed by atoms with Gasteiger partial charge in [-0.3, -0.25) is 14.4 Å². The summed E-state index contributed by atoms with van der Waals surface area (Å²) >= 11 is 0. The molecule has 2 bridgehead atoms. The van der Waals surface area contributed by atoms with E-state index >= 15 is 0 Å². The van der Waals surface area contributed by atoms with Crippen molar-refractivity contribution in [3.8, 4) is 0 Å². The van der Waals surface area contributed by atoms with Gasteiger partial charge in [0, 0.05) is 37.5 Å². The predicted octanol–water partition coefficient (Wildman–Crippen LogP) is 1.37. The SMILES string of the molecule is Cc1cocc1C(=O)NCC1CC2CCC1N2C(=O)CC1CCC(=O)N1. The predicted molar refractivity (Wildman–Crippen MR) is 93.3 cm³/mol. The highest BCUT2D eigenvalue weighted by atomic mass is 16.3. The topological polar surface area (TPSA) is 91.7 Å². The van der Waals surface area contributed by atoms with E-state index in [1.165, 1.54) is 6.26 Å². The maximum atomic E-state index is 12.8. The van der Waals surface area contributed by atoms with Gasteiger partial charge in [-0.2, -0.15) is 0 Å². The first-order chi connectivity index (χ1) is 12.5. The van der Waals surface area contributed by atoms with E-state index in [-0.39, 0.29) is 35.8 Å². The summed E-state index contributed by atoms with van der Waals surface area (Å²) in [5, 5.41) is 5.88. The molecule has 3 amide bonds. The molecule has 3 fully saturated rings. The lowest BCUT2D eigenvalue weighted by molar-refractivity contribution is -0.133. The molecule has 3 saturated heterocycles. The highest BCUT2D eigenvalue weighted by molar-refractivity contribution is 5.95. The van der Waals surface area contributed by atoms with Crippen LogP contribution in [-0.4, -0.2) is 47.3 Å². The number of carbonyl (C=O) groups excluding carboxylic acids is 3. The van der Waals surface area contributed by atoms with Crippen molar-refractivity contribution in [2.24, 2.45) is 5.92 Å². The van der Waals surface area contributed by atoms with E-state index in [0.717, 1.165) is 31.2 Å². The van der Waals surface area contributed by atoms with Crippen LogP contribution in [0.4, 0.5) is 0 Å². The molecule has 0 aromatic carbocycles. The number of rotatable bonds is 5. The molecule has 4 heterocycles. The maximum absolute atomic E-state index is 12.8. The Morgan fingerprint density at radius 2 is 2.15 bits per heavy atom. The van der Waals surface area contributed by atoms with Crippen molar-refractivity contribution in [2.45, 2.75) is 63.6 Å². The monoisotopic (exact) mass is 359 g/mol. The minimum Gasteiger partial charge on any atom is -0.471 e. The molecule has 0 saturated carbocycles. The van der Waals surface area contributed by atoms with Gasteiger partial charge in [0.05, 0.1) is 11.8 Å². The average molecular weight is 359 g/mol. The Balaban J connectivity index is 1.33. The molecule has 26 heavy (non-hydrogen) atoms. The van der Waals surface area contributed by atoms with Gasteiger partial charge in [-0.25, -0.2) is 0 Å². The Hall–Kier alpha value is -2.31. The number of hydrogen-bond acceptors (Lipinski definition) is 4. The fourth-order valence-corrected chi connectivity index (χ4v) is 4.78. The van der Waals surface area contributed by atoms with E-state index in [1.807, 2.05) is 11.8 Å². The first-order valence-electron chi connectivity index (χ1n) is 9.44. The van der Waals surface area contributed by atoms with Crippen molar-refractivity contribution in [2.75, 3.05) is 6.54 Å². The summed E-state index contributed by atoms with van der Waals surface area (Å²) in [6.07, 6.45) is 7.68. The lowest BCUT2D eigenvalue weighted by Gasteiger charge is -2.26. The van der Waals surface area contributed by atoms with Crippen LogP contribution in [0.3, 0.4) is 0 Å². The fraction of sp³-hybridized carbons (Fsp3) is 0.632. The van der Waals surface area contributed by atoms with Crippen LogP contribution in [0.15, 0.2) is 16.9 Å². The summed E-state index contributed by atoms with van der Waals surface area (Å²) in [6, 6.07) is 0.467. The van der Waals surface area contributed by atoms with Crippen molar-refractivity contribution >= 4 is 17.7 Å². The zero-order valence-corrected chi connectivity index (χ0v) is 15.0. The van der Waals surface area contributed by atoms with Gasteiger partial charge in [0.2, 0.25) is 11.8 Å². The lowest BCUT2D eigenvalue weighted by atomic mass is 9.89. The second-order valence-electron chi connectivity index (χ2n) is 7.78. The molecule has 140 valence electrons. The molecule has 3 aliphatic rings. The van der Waals surface area contributed by atoms with Crippen LogP contribution in [0.25, 0.3) is 0 Å². The molecule has 2 N–H and O–H groups in total. The molecule has 1 aromatic heterocycles. The van der Waals surface area contributed by atoms with Crippen LogP contribution in [-0.2, 0) is 9.59 Å². The molecule has 7 nitrogen and oxygen atoms in total. The molecule has 0 spiro atoms. The Kier molecular flexibility index (Phi) is 4.46. The van der Waals surface area contributed by atoms with E-state index in [1.54, 1.807) is 6.26 Å². The van der Waals surface area contributed by atoms with Crippen molar-refractivity contribution in [3.63, 3.8) is 0 Å². The molecule has 3 aliphatic heterocycles. The second-order valence-corrected chi connectivity index (χ2v) is 7.78. The summed E-state index contributed by atoms with van der Waals surface area (Å²) in [4.78, 5) is 38.4. The smallest absolute Gasteiger partial charge is 0.254 e. The number of nitrogens with one attached hydrogen (secondary N) is 2. The van der Waals surface area contributed by atoms with Crippen molar-refractivity contribution in [3.05, 3.63) is 23.7 Å². The van der Waals surface area contributed by atoms with Crippen LogP contribution in [0.2, 0.25) is 0 Å². The van der Waals surface area contributed by atoms with Crippen LogP contribution in [0.1, 0.15) is 54.4 Å². The standard InChI is InChI=1S/C19H25N3O4/c1-11-9-26-10-15(11)19(25)20-8-12-6-14-3-4-16(12)22(14)18(24)7-13-2-5-17(23)21-13/h9-10,12-14,16H,2-8H2,1H3,(H,20,25)(H,21,23). The lowest BCUT2D eigenvalue weighted by Crippen LogP contribution is -2.41. The number of aryl methyl sites for hydroxylation is 1. The molecule has 0 radical (unpaired) electrons. The zero-order valence-electron chi connectivity index (χ0n) is 15.0. The van der Waals surface area contributed by atoms with E-state index < -0.39 is 0 Å². The number of nitrogens with zero attached hydrogens (tertiary/aromatic N) is 1. The zero-order chi connectivity index (χ0) is 18.3. The van der Waals surface area contributed by atoms with Crippen LogP contribution in [0, 0.1) is 12.8 Å². The number of amides is 3. The van der Waals surface area contributed by atoms with Gasteiger partial charge in [-0.05, 0) is 44.1 Å². The van der Waals surface area contributed by atoms with Crippen LogP contribution < -0.4 is 10.6 Å². The van der Waals surface area contributed by atoms with E-state index in [4.69, 9.17) is 4.42 Å². The molecule has 1 aromatic rings. The molecule has 0 aliphatic carbocycles. The number of furan rings is 1. The van der Waals surface area contributed by atoms with Gasteiger partial charge in [-0.1, -0.05) is 0 Å². The second kappa shape index (κ2) is 6.78. The number of hydrogen-bond donors (Lipinski definition) is 2. The van der Waals surface area contributed by atoms with Crippen LogP contribution >= 0.6 is 0 Å². The van der Waals surface area contributed by atoms with Gasteiger partial charge in [0.15, 0.2) is 0 Å².